The zero-order valence-corrected chi connectivity index (χ0v) is 9.18. The monoisotopic (exact) mass is 253 g/mol. The topological polar surface area (TPSA) is 128 Å². The van der Waals surface area contributed by atoms with E-state index in [1.807, 2.05) is 0 Å². The Kier molecular flexibility index (Phi) is 3.26. The number of aliphatic hydroxyl groups excluding tert-OH is 2. The molecule has 2 heterocycles. The SMILES string of the molecule is Nc1ccn([C@@H]2O[C@H](CO)[C@@H](O)C2=C=O)c(=O)n1. The van der Waals surface area contributed by atoms with Crippen molar-refractivity contribution in [2.75, 3.05) is 12.3 Å². The average molecular weight is 253 g/mol. The first kappa shape index (κ1) is 12.5. The Morgan fingerprint density at radius 1 is 1.61 bits per heavy atom. The van der Waals surface area contributed by atoms with Crippen LogP contribution in [0.4, 0.5) is 5.82 Å². The molecule has 0 aromatic carbocycles. The number of anilines is 1. The molecule has 3 atom stereocenters. The van der Waals surface area contributed by atoms with Crippen molar-refractivity contribution in [3.8, 4) is 0 Å². The molecule has 1 saturated heterocycles. The molecule has 0 spiro atoms. The summed E-state index contributed by atoms with van der Waals surface area (Å²) in [5.74, 6) is 1.56. The molecule has 4 N–H and O–H groups in total. The van der Waals surface area contributed by atoms with Crippen molar-refractivity contribution in [2.24, 2.45) is 0 Å². The van der Waals surface area contributed by atoms with Gasteiger partial charge in [0.15, 0.2) is 6.23 Å². The number of carbonyl (C=O) groups excluding carboxylic acids is 1. The van der Waals surface area contributed by atoms with Crippen molar-refractivity contribution >= 4 is 11.8 Å². The number of nitrogens with zero attached hydrogens (tertiary/aromatic N) is 2. The molecule has 0 saturated carbocycles. The van der Waals surface area contributed by atoms with Crippen molar-refractivity contribution in [1.82, 2.24) is 9.55 Å². The molecule has 1 aliphatic heterocycles. The third-order valence-electron chi connectivity index (χ3n) is 2.64. The van der Waals surface area contributed by atoms with Gasteiger partial charge in [0.25, 0.3) is 0 Å². The summed E-state index contributed by atoms with van der Waals surface area (Å²) in [4.78, 5) is 25.9. The minimum Gasteiger partial charge on any atom is -0.394 e. The Morgan fingerprint density at radius 3 is 2.89 bits per heavy atom. The molecule has 8 nitrogen and oxygen atoms in total. The van der Waals surface area contributed by atoms with Crippen molar-refractivity contribution in [1.29, 1.82) is 0 Å². The summed E-state index contributed by atoms with van der Waals surface area (Å²) in [6.07, 6.45) is -2.12. The van der Waals surface area contributed by atoms with Crippen molar-refractivity contribution in [2.45, 2.75) is 18.4 Å². The molecule has 0 bridgehead atoms. The number of rotatable bonds is 2. The lowest BCUT2D eigenvalue weighted by atomic mass is 10.1. The van der Waals surface area contributed by atoms with E-state index in [2.05, 4.69) is 4.98 Å². The lowest BCUT2D eigenvalue weighted by Gasteiger charge is -2.13. The van der Waals surface area contributed by atoms with Crippen LogP contribution < -0.4 is 11.4 Å². The highest BCUT2D eigenvalue weighted by atomic mass is 16.5. The maximum absolute atomic E-state index is 11.6. The first-order valence-electron chi connectivity index (χ1n) is 5.12. The van der Waals surface area contributed by atoms with Gasteiger partial charge in [-0.1, -0.05) is 0 Å². The molecule has 1 aromatic heterocycles. The molecule has 1 aromatic rings. The first-order valence-corrected chi connectivity index (χ1v) is 5.12. The minimum atomic E-state index is -1.30. The van der Waals surface area contributed by atoms with Crippen LogP contribution in [0.3, 0.4) is 0 Å². The van der Waals surface area contributed by atoms with Crippen molar-refractivity contribution in [3.63, 3.8) is 0 Å². The van der Waals surface area contributed by atoms with E-state index < -0.39 is 30.7 Å². The second-order valence-corrected chi connectivity index (χ2v) is 3.75. The van der Waals surface area contributed by atoms with Crippen molar-refractivity contribution < 1.29 is 19.7 Å². The molecule has 1 fully saturated rings. The largest absolute Gasteiger partial charge is 0.394 e. The fourth-order valence-corrected chi connectivity index (χ4v) is 1.73. The van der Waals surface area contributed by atoms with Crippen LogP contribution in [-0.2, 0) is 9.53 Å². The first-order chi connectivity index (χ1) is 8.58. The standard InChI is InChI=1S/C10H11N3O5/c11-7-1-2-13(10(17)12-7)9-5(3-14)8(16)6(4-15)18-9/h1-2,6,8-9,15-16H,4H2,(H2,11,12,17)/t6-,8+,9-/m1/s1. The summed E-state index contributed by atoms with van der Waals surface area (Å²) in [6.45, 7) is -0.486. The average Bonchev–Trinajstić information content (AvgIpc) is 2.65. The predicted molar refractivity (Wildman–Crippen MR) is 59.1 cm³/mol. The van der Waals surface area contributed by atoms with Crippen LogP contribution in [0.2, 0.25) is 0 Å². The summed E-state index contributed by atoms with van der Waals surface area (Å²) in [6, 6.07) is 1.35. The van der Waals surface area contributed by atoms with Gasteiger partial charge in [-0.15, -0.1) is 0 Å². The Bertz CT molecular complexity index is 563. The van der Waals surface area contributed by atoms with Crippen molar-refractivity contribution in [3.05, 3.63) is 28.3 Å². The highest BCUT2D eigenvalue weighted by Crippen LogP contribution is 2.31. The van der Waals surface area contributed by atoms with Crippen LogP contribution in [0.25, 0.3) is 0 Å². The molecule has 0 amide bonds. The quantitative estimate of drug-likeness (QED) is 0.512. The van der Waals surface area contributed by atoms with E-state index in [0.29, 0.717) is 0 Å². The highest BCUT2D eigenvalue weighted by molar-refractivity contribution is 5.56. The third-order valence-corrected chi connectivity index (χ3v) is 2.64. The van der Waals surface area contributed by atoms with Gasteiger partial charge >= 0.3 is 5.69 Å². The van der Waals surface area contributed by atoms with Gasteiger partial charge in [0.05, 0.1) is 12.2 Å². The van der Waals surface area contributed by atoms with Crippen LogP contribution in [-0.4, -0.2) is 44.5 Å². The number of aliphatic hydroxyl groups is 2. The number of aromatic nitrogens is 2. The van der Waals surface area contributed by atoms with Gasteiger partial charge in [0.2, 0.25) is 0 Å². The second kappa shape index (κ2) is 4.71. The third kappa shape index (κ3) is 1.93. The van der Waals surface area contributed by atoms with Gasteiger partial charge < -0.3 is 20.7 Å². The van der Waals surface area contributed by atoms with Crippen LogP contribution in [0, 0.1) is 0 Å². The van der Waals surface area contributed by atoms with E-state index in [1.54, 1.807) is 0 Å². The molecular formula is C10H11N3O5. The molecule has 1 aliphatic rings. The molecule has 96 valence electrons. The fourth-order valence-electron chi connectivity index (χ4n) is 1.73. The maximum atomic E-state index is 11.6. The lowest BCUT2D eigenvalue weighted by Crippen LogP contribution is -2.28. The van der Waals surface area contributed by atoms with Crippen LogP contribution >= 0.6 is 0 Å². The fraction of sp³-hybridized carbons (Fsp3) is 0.400. The second-order valence-electron chi connectivity index (χ2n) is 3.75. The van der Waals surface area contributed by atoms with Crippen LogP contribution in [0.1, 0.15) is 6.23 Å². The summed E-state index contributed by atoms with van der Waals surface area (Å²) in [7, 11) is 0. The van der Waals surface area contributed by atoms with Crippen LogP contribution in [0.5, 0.6) is 0 Å². The number of nitrogens with two attached hydrogens (primary N) is 1. The zero-order valence-electron chi connectivity index (χ0n) is 9.18. The molecular weight excluding hydrogens is 242 g/mol. The van der Waals surface area contributed by atoms with E-state index in [4.69, 9.17) is 15.6 Å². The van der Waals surface area contributed by atoms with E-state index in [9.17, 15) is 14.7 Å². The van der Waals surface area contributed by atoms with Gasteiger partial charge in [-0.05, 0) is 6.07 Å². The van der Waals surface area contributed by atoms with E-state index in [0.717, 1.165) is 4.57 Å². The van der Waals surface area contributed by atoms with E-state index in [-0.39, 0.29) is 11.4 Å². The Morgan fingerprint density at radius 2 is 2.33 bits per heavy atom. The number of hydrogen-bond acceptors (Lipinski definition) is 7. The smallest absolute Gasteiger partial charge is 0.351 e. The number of ether oxygens (including phenoxy) is 1. The van der Waals surface area contributed by atoms with E-state index >= 15 is 0 Å². The molecule has 8 heteroatoms. The highest BCUT2D eigenvalue weighted by Gasteiger charge is 2.41. The molecule has 0 aliphatic carbocycles. The van der Waals surface area contributed by atoms with Crippen LogP contribution in [0.15, 0.2) is 22.6 Å². The number of nitrogen functional groups attached to an aromatic ring is 1. The molecule has 18 heavy (non-hydrogen) atoms. The predicted octanol–water partition coefficient (Wildman–Crippen LogP) is -2.17. The number of hydrogen-bond donors (Lipinski definition) is 3. The Hall–Kier alpha value is -1.99. The molecule has 0 unspecified atom stereocenters. The van der Waals surface area contributed by atoms with Gasteiger partial charge in [-0.25, -0.2) is 9.59 Å². The van der Waals surface area contributed by atoms with Gasteiger partial charge in [-0.2, -0.15) is 4.98 Å². The molecule has 0 radical (unpaired) electrons. The Balaban J connectivity index is 2.45. The van der Waals surface area contributed by atoms with Gasteiger partial charge in [0, 0.05) is 6.20 Å². The maximum Gasteiger partial charge on any atom is 0.351 e. The zero-order chi connectivity index (χ0) is 13.3. The van der Waals surface area contributed by atoms with Gasteiger partial charge in [-0.3, -0.25) is 4.57 Å². The minimum absolute atomic E-state index is 0.0325. The van der Waals surface area contributed by atoms with Gasteiger partial charge in [0.1, 0.15) is 24.0 Å². The summed E-state index contributed by atoms with van der Waals surface area (Å²) in [5, 5.41) is 18.7. The summed E-state index contributed by atoms with van der Waals surface area (Å²) in [5.41, 5.74) is 4.45. The Labute approximate surface area is 101 Å². The summed E-state index contributed by atoms with van der Waals surface area (Å²) >= 11 is 0. The van der Waals surface area contributed by atoms with E-state index in [1.165, 1.54) is 18.2 Å². The lowest BCUT2D eigenvalue weighted by molar-refractivity contribution is -0.0446. The normalized spacial score (nSPS) is 27.2. The summed E-state index contributed by atoms with van der Waals surface area (Å²) < 4.78 is 6.21. The molecule has 2 rings (SSSR count).